The lowest BCUT2D eigenvalue weighted by Gasteiger charge is -2.35. The third kappa shape index (κ3) is 4.25. The molecule has 130 valence electrons. The van der Waals surface area contributed by atoms with Crippen molar-refractivity contribution in [3.05, 3.63) is 0 Å². The minimum atomic E-state index is 0.0788. The number of amides is 2. The fourth-order valence-electron chi connectivity index (χ4n) is 3.89. The molecule has 3 rings (SSSR count). The van der Waals surface area contributed by atoms with Gasteiger partial charge < -0.3 is 14.5 Å². The normalized spacial score (nSPS) is 34.3. The highest BCUT2D eigenvalue weighted by Crippen LogP contribution is 2.39. The molecule has 5 nitrogen and oxygen atoms in total. The van der Waals surface area contributed by atoms with Crippen LogP contribution in [0.2, 0.25) is 0 Å². The van der Waals surface area contributed by atoms with E-state index in [1.54, 1.807) is 0 Å². The third-order valence-corrected chi connectivity index (χ3v) is 5.70. The van der Waals surface area contributed by atoms with Crippen LogP contribution in [0.4, 0.5) is 0 Å². The molecule has 3 fully saturated rings. The zero-order chi connectivity index (χ0) is 16.4. The van der Waals surface area contributed by atoms with Gasteiger partial charge in [-0.05, 0) is 31.1 Å². The summed E-state index contributed by atoms with van der Waals surface area (Å²) in [6.07, 6.45) is 5.94. The summed E-state index contributed by atoms with van der Waals surface area (Å²) in [5.41, 5.74) is 0. The largest absolute Gasteiger partial charge is 0.368 e. The third-order valence-electron chi connectivity index (χ3n) is 5.70. The Morgan fingerprint density at radius 1 is 1.00 bits per heavy atom. The maximum atomic E-state index is 12.3. The Bertz CT molecular complexity index is 446. The highest BCUT2D eigenvalue weighted by atomic mass is 16.5. The van der Waals surface area contributed by atoms with Gasteiger partial charge in [0.05, 0.1) is 6.10 Å². The van der Waals surface area contributed by atoms with Crippen LogP contribution in [0.15, 0.2) is 0 Å². The van der Waals surface area contributed by atoms with E-state index in [-0.39, 0.29) is 30.4 Å². The number of carbonyl (C=O) groups is 2. The van der Waals surface area contributed by atoms with Gasteiger partial charge in [0, 0.05) is 32.1 Å². The SMILES string of the molecule is C[C@@H]1CCC[C@H](OCC(=O)N2CCN(C(=O)[C@H]3C[C@H]3C)CC2)C1. The minimum absolute atomic E-state index is 0.0788. The van der Waals surface area contributed by atoms with Crippen molar-refractivity contribution in [2.45, 2.75) is 52.1 Å². The van der Waals surface area contributed by atoms with Gasteiger partial charge in [0.2, 0.25) is 11.8 Å². The maximum Gasteiger partial charge on any atom is 0.248 e. The number of piperazine rings is 1. The van der Waals surface area contributed by atoms with Gasteiger partial charge in [0.25, 0.3) is 0 Å². The molecule has 0 bridgehead atoms. The molecule has 2 amide bonds. The van der Waals surface area contributed by atoms with Crippen LogP contribution in [0.5, 0.6) is 0 Å². The standard InChI is InChI=1S/C18H30N2O3/c1-13-4-3-5-15(10-13)23-12-17(21)19-6-8-20(9-7-19)18(22)16-11-14(16)2/h13-16H,3-12H2,1-2H3/t13-,14-,15+,16+/m1/s1. The van der Waals surface area contributed by atoms with Crippen LogP contribution in [0.3, 0.4) is 0 Å². The molecule has 2 aliphatic carbocycles. The predicted octanol–water partition coefficient (Wildman–Crippen LogP) is 1.91. The van der Waals surface area contributed by atoms with Crippen LogP contribution >= 0.6 is 0 Å². The molecule has 2 saturated carbocycles. The van der Waals surface area contributed by atoms with E-state index in [1.165, 1.54) is 12.8 Å². The van der Waals surface area contributed by atoms with Crippen molar-refractivity contribution in [1.29, 1.82) is 0 Å². The van der Waals surface area contributed by atoms with Crippen molar-refractivity contribution < 1.29 is 14.3 Å². The van der Waals surface area contributed by atoms with E-state index < -0.39 is 0 Å². The fourth-order valence-corrected chi connectivity index (χ4v) is 3.89. The first-order valence-corrected chi connectivity index (χ1v) is 9.22. The highest BCUT2D eigenvalue weighted by Gasteiger charge is 2.42. The second-order valence-electron chi connectivity index (χ2n) is 7.73. The van der Waals surface area contributed by atoms with Gasteiger partial charge in [0.15, 0.2) is 0 Å². The first-order valence-electron chi connectivity index (χ1n) is 9.22. The van der Waals surface area contributed by atoms with E-state index >= 15 is 0 Å². The van der Waals surface area contributed by atoms with Crippen LogP contribution in [0, 0.1) is 17.8 Å². The summed E-state index contributed by atoms with van der Waals surface area (Å²) in [4.78, 5) is 28.3. The van der Waals surface area contributed by atoms with E-state index in [1.807, 2.05) is 9.80 Å². The maximum absolute atomic E-state index is 12.3. The highest BCUT2D eigenvalue weighted by molar-refractivity contribution is 5.82. The molecule has 0 unspecified atom stereocenters. The summed E-state index contributed by atoms with van der Waals surface area (Å²) in [5.74, 6) is 1.87. The van der Waals surface area contributed by atoms with Crippen LogP contribution in [0.1, 0.15) is 46.0 Å². The van der Waals surface area contributed by atoms with Crippen molar-refractivity contribution in [1.82, 2.24) is 9.80 Å². The molecule has 4 atom stereocenters. The van der Waals surface area contributed by atoms with Crippen molar-refractivity contribution in [3.63, 3.8) is 0 Å². The lowest BCUT2D eigenvalue weighted by atomic mass is 9.89. The molecule has 1 aliphatic heterocycles. The lowest BCUT2D eigenvalue weighted by molar-refractivity contribution is -0.145. The van der Waals surface area contributed by atoms with Crippen LogP contribution in [-0.2, 0) is 14.3 Å². The zero-order valence-electron chi connectivity index (χ0n) is 14.5. The molecule has 0 aromatic rings. The molecule has 1 saturated heterocycles. The lowest BCUT2D eigenvalue weighted by Crippen LogP contribution is -2.52. The summed E-state index contributed by atoms with van der Waals surface area (Å²) in [5, 5.41) is 0. The molecular weight excluding hydrogens is 292 g/mol. The van der Waals surface area contributed by atoms with Crippen molar-refractivity contribution in [3.8, 4) is 0 Å². The zero-order valence-corrected chi connectivity index (χ0v) is 14.5. The molecule has 0 aromatic heterocycles. The van der Waals surface area contributed by atoms with Gasteiger partial charge >= 0.3 is 0 Å². The average Bonchev–Trinajstić information content (AvgIpc) is 3.29. The molecule has 0 radical (unpaired) electrons. The Morgan fingerprint density at radius 2 is 1.65 bits per heavy atom. The van der Waals surface area contributed by atoms with Crippen LogP contribution < -0.4 is 0 Å². The van der Waals surface area contributed by atoms with Gasteiger partial charge in [-0.15, -0.1) is 0 Å². The smallest absolute Gasteiger partial charge is 0.248 e. The molecule has 0 aromatic carbocycles. The number of nitrogens with zero attached hydrogens (tertiary/aromatic N) is 2. The van der Waals surface area contributed by atoms with E-state index in [9.17, 15) is 9.59 Å². The summed E-state index contributed by atoms with van der Waals surface area (Å²) in [6, 6.07) is 0. The Balaban J connectivity index is 1.37. The van der Waals surface area contributed by atoms with E-state index in [0.29, 0.717) is 38.0 Å². The van der Waals surface area contributed by atoms with E-state index in [0.717, 1.165) is 19.3 Å². The van der Waals surface area contributed by atoms with Crippen LogP contribution in [0.25, 0.3) is 0 Å². The molecule has 5 heteroatoms. The number of rotatable bonds is 4. The average molecular weight is 322 g/mol. The quantitative estimate of drug-likeness (QED) is 0.794. The van der Waals surface area contributed by atoms with Gasteiger partial charge in [-0.2, -0.15) is 0 Å². The van der Waals surface area contributed by atoms with E-state index in [4.69, 9.17) is 4.74 Å². The molecule has 1 heterocycles. The number of carbonyl (C=O) groups excluding carboxylic acids is 2. The number of hydrogen-bond donors (Lipinski definition) is 0. The summed E-state index contributed by atoms with van der Waals surface area (Å²) < 4.78 is 5.83. The van der Waals surface area contributed by atoms with Gasteiger partial charge in [0.1, 0.15) is 6.61 Å². The molecule has 0 spiro atoms. The second-order valence-corrected chi connectivity index (χ2v) is 7.73. The Kier molecular flexibility index (Phi) is 5.24. The van der Waals surface area contributed by atoms with E-state index in [2.05, 4.69) is 13.8 Å². The molecule has 3 aliphatic rings. The van der Waals surface area contributed by atoms with Gasteiger partial charge in [-0.1, -0.05) is 26.7 Å². The van der Waals surface area contributed by atoms with Crippen molar-refractivity contribution >= 4 is 11.8 Å². The minimum Gasteiger partial charge on any atom is -0.368 e. The molecule has 23 heavy (non-hydrogen) atoms. The van der Waals surface area contributed by atoms with Crippen molar-refractivity contribution in [2.24, 2.45) is 17.8 Å². The Hall–Kier alpha value is -1.10. The molecule has 0 N–H and O–H groups in total. The summed E-state index contributed by atoms with van der Waals surface area (Å²) in [6.45, 7) is 7.24. The van der Waals surface area contributed by atoms with Crippen molar-refractivity contribution in [2.75, 3.05) is 32.8 Å². The summed E-state index contributed by atoms with van der Waals surface area (Å²) in [7, 11) is 0. The first kappa shape index (κ1) is 16.7. The monoisotopic (exact) mass is 322 g/mol. The Morgan fingerprint density at radius 3 is 2.26 bits per heavy atom. The topological polar surface area (TPSA) is 49.9 Å². The summed E-state index contributed by atoms with van der Waals surface area (Å²) >= 11 is 0. The van der Waals surface area contributed by atoms with Crippen LogP contribution in [-0.4, -0.2) is 60.5 Å². The predicted molar refractivity (Wildman–Crippen MR) is 87.8 cm³/mol. The first-order chi connectivity index (χ1) is 11.0. The molecular formula is C18H30N2O3. The Labute approximate surface area is 139 Å². The number of ether oxygens (including phenoxy) is 1. The fraction of sp³-hybridized carbons (Fsp3) is 0.889. The van der Waals surface area contributed by atoms with Gasteiger partial charge in [-0.25, -0.2) is 0 Å². The van der Waals surface area contributed by atoms with Gasteiger partial charge in [-0.3, -0.25) is 9.59 Å². The number of hydrogen-bond acceptors (Lipinski definition) is 3. The second kappa shape index (κ2) is 7.20.